The molecule has 1 spiro atoms. The van der Waals surface area contributed by atoms with E-state index in [1.807, 2.05) is 30.2 Å². The molecular formula is C52H65N11O5. The molecular weight excluding hydrogens is 859 g/mol. The zero-order chi connectivity index (χ0) is 47.5. The van der Waals surface area contributed by atoms with Crippen LogP contribution in [0.2, 0.25) is 0 Å². The highest BCUT2D eigenvalue weighted by Gasteiger charge is 2.40. The van der Waals surface area contributed by atoms with Gasteiger partial charge in [-0.05, 0) is 138 Å². The van der Waals surface area contributed by atoms with Gasteiger partial charge in [-0.25, -0.2) is 9.78 Å². The van der Waals surface area contributed by atoms with Crippen LogP contribution in [0.3, 0.4) is 0 Å². The number of methoxy groups -OCH3 is 1. The van der Waals surface area contributed by atoms with Crippen LogP contribution in [0.1, 0.15) is 103 Å². The zero-order valence-corrected chi connectivity index (χ0v) is 40.1. The lowest BCUT2D eigenvalue weighted by atomic mass is 9.65. The number of nitrogens with zero attached hydrogens (tertiary/aromatic N) is 9. The number of imide groups is 1. The van der Waals surface area contributed by atoms with E-state index in [2.05, 4.69) is 67.6 Å². The number of urea groups is 1. The molecule has 16 heteroatoms. The summed E-state index contributed by atoms with van der Waals surface area (Å²) in [5.41, 5.74) is 5.36. The number of likely N-dealkylation sites (tertiary alicyclic amines) is 2. The fourth-order valence-corrected chi connectivity index (χ4v) is 11.5. The van der Waals surface area contributed by atoms with E-state index in [-0.39, 0.29) is 42.2 Å². The third-order valence-corrected chi connectivity index (χ3v) is 15.8. The number of nitriles is 1. The Hall–Kier alpha value is -6.34. The number of pyridine rings is 1. The number of rotatable bonds is 11. The molecule has 68 heavy (non-hydrogen) atoms. The lowest BCUT2D eigenvalue weighted by molar-refractivity contribution is -0.137. The third-order valence-electron chi connectivity index (χ3n) is 15.8. The average molecular weight is 924 g/mol. The second kappa shape index (κ2) is 20.1. The molecule has 1 saturated carbocycles. The summed E-state index contributed by atoms with van der Waals surface area (Å²) in [4.78, 5) is 67.2. The van der Waals surface area contributed by atoms with Gasteiger partial charge in [0.1, 0.15) is 11.6 Å². The Bertz CT molecular complexity index is 2580. The van der Waals surface area contributed by atoms with E-state index in [0.717, 1.165) is 110 Å². The first kappa shape index (κ1) is 46.8. The van der Waals surface area contributed by atoms with E-state index in [9.17, 15) is 24.4 Å². The smallest absolute Gasteiger partial charge is 0.328 e. The van der Waals surface area contributed by atoms with Gasteiger partial charge < -0.3 is 29.7 Å². The molecule has 16 nitrogen and oxygen atoms in total. The van der Waals surface area contributed by atoms with Crippen molar-refractivity contribution < 1.29 is 23.9 Å². The van der Waals surface area contributed by atoms with Gasteiger partial charge in [-0.15, -0.1) is 5.10 Å². The number of amides is 5. The Labute approximate surface area is 399 Å². The van der Waals surface area contributed by atoms with Gasteiger partial charge in [0.05, 0.1) is 37.0 Å². The second-order valence-electron chi connectivity index (χ2n) is 19.8. The largest absolute Gasteiger partial charge is 0.495 e. The number of ether oxygens (including phenoxy) is 1. The highest BCUT2D eigenvalue weighted by atomic mass is 16.5. The van der Waals surface area contributed by atoms with E-state index in [0.29, 0.717) is 54.2 Å². The van der Waals surface area contributed by atoms with E-state index < -0.39 is 6.03 Å². The number of fused-ring (bicyclic) bond motifs is 1. The first-order valence-electron chi connectivity index (χ1n) is 24.6. The molecule has 5 aliphatic rings. The Morgan fingerprint density at radius 2 is 1.65 bits per heavy atom. The molecule has 2 aromatic carbocycles. The monoisotopic (exact) mass is 924 g/mol. The maximum atomic E-state index is 13.9. The fourth-order valence-electron chi connectivity index (χ4n) is 11.5. The highest BCUT2D eigenvalue weighted by Crippen LogP contribution is 2.47. The number of piperazine rings is 1. The van der Waals surface area contributed by atoms with Gasteiger partial charge in [-0.3, -0.25) is 24.6 Å². The van der Waals surface area contributed by atoms with E-state index in [1.165, 1.54) is 37.7 Å². The zero-order valence-electron chi connectivity index (χ0n) is 40.1. The van der Waals surface area contributed by atoms with E-state index in [4.69, 9.17) is 9.72 Å². The number of carbonyl (C=O) groups excluding carboxylic acids is 4. The maximum Gasteiger partial charge on any atom is 0.328 e. The molecule has 5 fully saturated rings. The fraction of sp³-hybridized carbons (Fsp3) is 0.538. The molecule has 358 valence electrons. The summed E-state index contributed by atoms with van der Waals surface area (Å²) in [5, 5.41) is 26.2. The molecule has 0 bridgehead atoms. The van der Waals surface area contributed by atoms with Crippen LogP contribution in [0.25, 0.3) is 10.8 Å². The predicted molar refractivity (Wildman–Crippen MR) is 261 cm³/mol. The lowest BCUT2D eigenvalue weighted by Gasteiger charge is -2.47. The minimum atomic E-state index is -0.508. The Kier molecular flexibility index (Phi) is 13.8. The molecule has 0 radical (unpaired) electrons. The molecule has 2 aromatic heterocycles. The van der Waals surface area contributed by atoms with Crippen molar-refractivity contribution >= 4 is 51.8 Å². The number of piperidine rings is 2. The van der Waals surface area contributed by atoms with Crippen molar-refractivity contribution in [1.29, 1.82) is 5.26 Å². The van der Waals surface area contributed by atoms with Crippen LogP contribution in [0.4, 0.5) is 22.1 Å². The molecule has 1 atom stereocenters. The number of benzene rings is 2. The summed E-state index contributed by atoms with van der Waals surface area (Å²) in [6.45, 7) is 13.6. The molecule has 4 aliphatic heterocycles. The van der Waals surface area contributed by atoms with Crippen molar-refractivity contribution in [3.8, 4) is 11.8 Å². The summed E-state index contributed by atoms with van der Waals surface area (Å²) in [6.07, 6.45) is 11.1. The van der Waals surface area contributed by atoms with Crippen LogP contribution in [-0.2, 0) is 16.0 Å². The van der Waals surface area contributed by atoms with Gasteiger partial charge in [0.2, 0.25) is 11.8 Å². The van der Waals surface area contributed by atoms with Crippen molar-refractivity contribution in [3.05, 3.63) is 76.6 Å². The number of aryl methyl sites for hydroxylation is 1. The number of aromatic nitrogens is 3. The Morgan fingerprint density at radius 3 is 2.35 bits per heavy atom. The van der Waals surface area contributed by atoms with Gasteiger partial charge in [0.15, 0.2) is 5.82 Å². The number of hydrogen-bond donors (Lipinski definition) is 2. The summed E-state index contributed by atoms with van der Waals surface area (Å²) in [5.74, 6) is 2.72. The highest BCUT2D eigenvalue weighted by molar-refractivity contribution is 6.07. The molecule has 4 aromatic rings. The normalized spacial score (nSPS) is 20.0. The van der Waals surface area contributed by atoms with Gasteiger partial charge in [0.25, 0.3) is 5.91 Å². The second-order valence-corrected chi connectivity index (χ2v) is 19.8. The standard InChI is InChI=1S/C52H65N11O5/c1-34-38(12-20-53)6-5-7-41(34)35(2)55-48-42-31-46(54-32-43(42)36(3)57-58-48)60-26-28-62(29-27-60)49(65)39-13-21-59(22-14-39)33-37-10-16-52(17-11-37)18-24-61(25-19-52)50(66)40-8-9-45(68-4)44(30-40)63-23-15-47(64)56-51(63)67/h5-9,30-32,35,37,39H,10-19,21-29,33H2,1-4H3,(H,55,58)(H,56,64,67)/t35-/m1/s1. The minimum absolute atomic E-state index is 0.0411. The maximum absolute atomic E-state index is 13.9. The summed E-state index contributed by atoms with van der Waals surface area (Å²) < 4.78 is 5.51. The number of hydrogen-bond acceptors (Lipinski definition) is 12. The summed E-state index contributed by atoms with van der Waals surface area (Å²) in [7, 11) is 1.53. The summed E-state index contributed by atoms with van der Waals surface area (Å²) >= 11 is 0. The number of anilines is 3. The molecule has 1 aliphatic carbocycles. The van der Waals surface area contributed by atoms with Crippen LogP contribution in [0.5, 0.6) is 5.75 Å². The van der Waals surface area contributed by atoms with Crippen LogP contribution in [-0.4, -0.2) is 126 Å². The van der Waals surface area contributed by atoms with Gasteiger partial charge in [-0.2, -0.15) is 10.4 Å². The van der Waals surface area contributed by atoms with Crippen molar-refractivity contribution in [2.75, 3.05) is 87.7 Å². The van der Waals surface area contributed by atoms with Crippen molar-refractivity contribution in [3.63, 3.8) is 0 Å². The van der Waals surface area contributed by atoms with Crippen molar-refractivity contribution in [2.24, 2.45) is 17.3 Å². The van der Waals surface area contributed by atoms with Crippen LogP contribution < -0.4 is 25.2 Å². The van der Waals surface area contributed by atoms with E-state index in [1.54, 1.807) is 18.2 Å². The molecule has 2 N–H and O–H groups in total. The quantitative estimate of drug-likeness (QED) is 0.161. The van der Waals surface area contributed by atoms with Crippen LogP contribution in [0, 0.1) is 42.4 Å². The van der Waals surface area contributed by atoms with Gasteiger partial charge in [-0.1, -0.05) is 18.2 Å². The molecule has 4 saturated heterocycles. The number of carbonyl (C=O) groups is 4. The minimum Gasteiger partial charge on any atom is -0.495 e. The van der Waals surface area contributed by atoms with Gasteiger partial charge in [0, 0.05) is 87.2 Å². The Balaban J connectivity index is 0.717. The first-order valence-corrected chi connectivity index (χ1v) is 24.6. The van der Waals surface area contributed by atoms with Crippen molar-refractivity contribution in [2.45, 2.75) is 91.0 Å². The van der Waals surface area contributed by atoms with Crippen LogP contribution in [0.15, 0.2) is 48.7 Å². The summed E-state index contributed by atoms with van der Waals surface area (Å²) in [6, 6.07) is 15.1. The topological polar surface area (TPSA) is 180 Å². The van der Waals surface area contributed by atoms with Crippen molar-refractivity contribution in [1.82, 2.24) is 35.2 Å². The first-order chi connectivity index (χ1) is 32.9. The predicted octanol–water partition coefficient (Wildman–Crippen LogP) is 6.81. The third kappa shape index (κ3) is 9.81. The van der Waals surface area contributed by atoms with Gasteiger partial charge >= 0.3 is 6.03 Å². The lowest BCUT2D eigenvalue weighted by Crippen LogP contribution is -2.52. The molecule has 9 rings (SSSR count). The number of nitrogens with one attached hydrogen (secondary N) is 2. The molecule has 5 amide bonds. The average Bonchev–Trinajstić information content (AvgIpc) is 3.36. The van der Waals surface area contributed by atoms with Crippen LogP contribution >= 0.6 is 0 Å². The Morgan fingerprint density at radius 1 is 0.897 bits per heavy atom. The van der Waals surface area contributed by atoms with E-state index >= 15 is 0 Å². The molecule has 0 unspecified atom stereocenters. The SMILES string of the molecule is COc1ccc(C(=O)N2CCC3(CCC(CN4CCC(C(=O)N5CCN(c6cc7c(N[C@H](C)c8cccc(CC#N)c8C)nnc(C)c7cn6)CC5)CC4)CC3)CC2)cc1N1CCC(=O)NC1=O. The molecule has 6 heterocycles.